The van der Waals surface area contributed by atoms with Gasteiger partial charge in [0.05, 0.1) is 0 Å². The summed E-state index contributed by atoms with van der Waals surface area (Å²) in [7, 11) is 0. The van der Waals surface area contributed by atoms with Crippen LogP contribution in [-0.4, -0.2) is 12.6 Å². The molecule has 0 amide bonds. The van der Waals surface area contributed by atoms with Crippen LogP contribution in [0.3, 0.4) is 0 Å². The number of aryl methyl sites for hydroxylation is 1. The maximum Gasteiger partial charge on any atom is 0.306 e. The predicted octanol–water partition coefficient (Wildman–Crippen LogP) is 3.37. The zero-order chi connectivity index (χ0) is 12.2. The lowest BCUT2D eigenvalue weighted by Gasteiger charge is -2.01. The van der Waals surface area contributed by atoms with Crippen LogP contribution in [0.1, 0.15) is 25.8 Å². The van der Waals surface area contributed by atoms with Crippen LogP contribution in [-0.2, 0) is 16.0 Å². The summed E-state index contributed by atoms with van der Waals surface area (Å²) in [5.74, 6) is -0.172. The second-order valence-electron chi connectivity index (χ2n) is 2.96. The molecule has 0 saturated heterocycles. The predicted molar refractivity (Wildman–Crippen MR) is 67.3 cm³/mol. The van der Waals surface area contributed by atoms with Crippen molar-refractivity contribution in [3.05, 3.63) is 48.6 Å². The number of carbonyl (C=O) groups excluding carboxylic acids is 1. The Balaban J connectivity index is 0.00000106. The summed E-state index contributed by atoms with van der Waals surface area (Å²) in [6.45, 7) is 7.77. The average molecular weight is 220 g/mol. The standard InChI is InChI=1S/C12H14O2.C2H6/c1-2-10-14-12(13)9-8-11-6-4-3-5-7-11;1-2/h2-7H,1,8-10H2;1-2H3. The minimum absolute atomic E-state index is 0.172. The molecule has 88 valence electrons. The first-order valence-electron chi connectivity index (χ1n) is 5.63. The third-order valence-electron chi connectivity index (χ3n) is 1.82. The van der Waals surface area contributed by atoms with Crippen molar-refractivity contribution in [1.82, 2.24) is 0 Å². The molecule has 0 aromatic heterocycles. The van der Waals surface area contributed by atoms with Gasteiger partial charge in [-0.15, -0.1) is 0 Å². The molecule has 0 atom stereocenters. The maximum atomic E-state index is 11.1. The van der Waals surface area contributed by atoms with E-state index in [0.717, 1.165) is 12.0 Å². The fourth-order valence-corrected chi connectivity index (χ4v) is 1.12. The molecule has 0 aliphatic rings. The van der Waals surface area contributed by atoms with E-state index in [1.165, 1.54) is 0 Å². The molecule has 1 aromatic rings. The van der Waals surface area contributed by atoms with Crippen molar-refractivity contribution in [2.75, 3.05) is 6.61 Å². The van der Waals surface area contributed by atoms with Gasteiger partial charge in [-0.25, -0.2) is 0 Å². The molecule has 16 heavy (non-hydrogen) atoms. The van der Waals surface area contributed by atoms with Gasteiger partial charge < -0.3 is 4.74 Å². The fraction of sp³-hybridized carbons (Fsp3) is 0.357. The smallest absolute Gasteiger partial charge is 0.306 e. The van der Waals surface area contributed by atoms with Crippen LogP contribution in [0.15, 0.2) is 43.0 Å². The van der Waals surface area contributed by atoms with E-state index in [9.17, 15) is 4.79 Å². The molecule has 0 aliphatic heterocycles. The van der Waals surface area contributed by atoms with E-state index in [0.29, 0.717) is 13.0 Å². The second-order valence-corrected chi connectivity index (χ2v) is 2.96. The average Bonchev–Trinajstić information content (AvgIpc) is 2.37. The van der Waals surface area contributed by atoms with Gasteiger partial charge in [0.15, 0.2) is 0 Å². The van der Waals surface area contributed by atoms with Crippen LogP contribution in [0.2, 0.25) is 0 Å². The molecule has 2 nitrogen and oxygen atoms in total. The Morgan fingerprint density at radius 3 is 2.50 bits per heavy atom. The van der Waals surface area contributed by atoms with Gasteiger partial charge in [-0.3, -0.25) is 4.79 Å². The molecule has 1 aromatic carbocycles. The lowest BCUT2D eigenvalue weighted by molar-refractivity contribution is -0.142. The Bertz CT molecular complexity index is 291. The van der Waals surface area contributed by atoms with E-state index in [-0.39, 0.29) is 5.97 Å². The van der Waals surface area contributed by atoms with Crippen molar-refractivity contribution < 1.29 is 9.53 Å². The molecular weight excluding hydrogens is 200 g/mol. The molecule has 0 radical (unpaired) electrons. The van der Waals surface area contributed by atoms with E-state index in [2.05, 4.69) is 6.58 Å². The van der Waals surface area contributed by atoms with Crippen molar-refractivity contribution in [3.63, 3.8) is 0 Å². The Morgan fingerprint density at radius 1 is 1.31 bits per heavy atom. The highest BCUT2D eigenvalue weighted by Crippen LogP contribution is 2.02. The van der Waals surface area contributed by atoms with E-state index < -0.39 is 0 Å². The van der Waals surface area contributed by atoms with Crippen LogP contribution < -0.4 is 0 Å². The van der Waals surface area contributed by atoms with Gasteiger partial charge in [0.1, 0.15) is 6.61 Å². The van der Waals surface area contributed by atoms with Gasteiger partial charge in [-0.1, -0.05) is 56.8 Å². The Labute approximate surface area is 97.9 Å². The first-order valence-corrected chi connectivity index (χ1v) is 5.63. The number of esters is 1. The lowest BCUT2D eigenvalue weighted by atomic mass is 10.1. The van der Waals surface area contributed by atoms with Crippen LogP contribution in [0.4, 0.5) is 0 Å². The first-order chi connectivity index (χ1) is 7.83. The molecule has 0 heterocycles. The van der Waals surface area contributed by atoms with Gasteiger partial charge in [0.25, 0.3) is 0 Å². The SMILES string of the molecule is C=CCOC(=O)CCc1ccccc1.CC. The van der Waals surface area contributed by atoms with E-state index in [1.54, 1.807) is 6.08 Å². The van der Waals surface area contributed by atoms with Crippen LogP contribution >= 0.6 is 0 Å². The third-order valence-corrected chi connectivity index (χ3v) is 1.82. The number of rotatable bonds is 5. The zero-order valence-corrected chi connectivity index (χ0v) is 10.1. The summed E-state index contributed by atoms with van der Waals surface area (Å²) >= 11 is 0. The molecule has 0 fully saturated rings. The van der Waals surface area contributed by atoms with Gasteiger partial charge in [-0.05, 0) is 12.0 Å². The summed E-state index contributed by atoms with van der Waals surface area (Å²) in [6.07, 6.45) is 2.73. The maximum absolute atomic E-state index is 11.1. The van der Waals surface area contributed by atoms with E-state index in [1.807, 2.05) is 44.2 Å². The van der Waals surface area contributed by atoms with Crippen molar-refractivity contribution in [3.8, 4) is 0 Å². The topological polar surface area (TPSA) is 26.3 Å². The van der Waals surface area contributed by atoms with Gasteiger partial charge in [0, 0.05) is 6.42 Å². The molecule has 0 unspecified atom stereocenters. The normalized spacial score (nSPS) is 8.62. The Hall–Kier alpha value is -1.57. The summed E-state index contributed by atoms with van der Waals surface area (Å²) in [4.78, 5) is 11.1. The summed E-state index contributed by atoms with van der Waals surface area (Å²) in [5.41, 5.74) is 1.16. The number of ether oxygens (including phenoxy) is 1. The molecular formula is C14H20O2. The number of hydrogen-bond donors (Lipinski definition) is 0. The third kappa shape index (κ3) is 6.82. The number of carbonyl (C=O) groups is 1. The van der Waals surface area contributed by atoms with Crippen molar-refractivity contribution in [1.29, 1.82) is 0 Å². The second kappa shape index (κ2) is 9.97. The number of hydrogen-bond acceptors (Lipinski definition) is 2. The molecule has 0 aliphatic carbocycles. The number of benzene rings is 1. The monoisotopic (exact) mass is 220 g/mol. The molecule has 0 spiro atoms. The molecule has 0 bridgehead atoms. The van der Waals surface area contributed by atoms with Crippen LogP contribution in [0.25, 0.3) is 0 Å². The minimum atomic E-state index is -0.172. The van der Waals surface area contributed by atoms with Crippen LogP contribution in [0, 0.1) is 0 Å². The van der Waals surface area contributed by atoms with Crippen molar-refractivity contribution in [2.24, 2.45) is 0 Å². The summed E-state index contributed by atoms with van der Waals surface area (Å²) < 4.78 is 4.86. The van der Waals surface area contributed by atoms with Crippen molar-refractivity contribution in [2.45, 2.75) is 26.7 Å². The zero-order valence-electron chi connectivity index (χ0n) is 10.1. The Morgan fingerprint density at radius 2 is 1.94 bits per heavy atom. The first kappa shape index (κ1) is 14.4. The van der Waals surface area contributed by atoms with Gasteiger partial charge in [0.2, 0.25) is 0 Å². The summed E-state index contributed by atoms with van der Waals surface area (Å²) in [5, 5.41) is 0. The molecule has 2 heteroatoms. The highest BCUT2D eigenvalue weighted by Gasteiger charge is 2.01. The highest BCUT2D eigenvalue weighted by atomic mass is 16.5. The van der Waals surface area contributed by atoms with Crippen molar-refractivity contribution >= 4 is 5.97 Å². The molecule has 0 N–H and O–H groups in total. The fourth-order valence-electron chi connectivity index (χ4n) is 1.12. The highest BCUT2D eigenvalue weighted by molar-refractivity contribution is 5.69. The van der Waals surface area contributed by atoms with E-state index in [4.69, 9.17) is 4.74 Å². The quantitative estimate of drug-likeness (QED) is 0.561. The van der Waals surface area contributed by atoms with E-state index >= 15 is 0 Å². The van der Waals surface area contributed by atoms with Crippen LogP contribution in [0.5, 0.6) is 0 Å². The largest absolute Gasteiger partial charge is 0.461 e. The van der Waals surface area contributed by atoms with Gasteiger partial charge >= 0.3 is 5.97 Å². The lowest BCUT2D eigenvalue weighted by Crippen LogP contribution is -2.05. The van der Waals surface area contributed by atoms with Gasteiger partial charge in [-0.2, -0.15) is 0 Å². The Kier molecular flexibility index (Phi) is 8.99. The summed E-state index contributed by atoms with van der Waals surface area (Å²) in [6, 6.07) is 9.88. The molecule has 1 rings (SSSR count). The molecule has 0 saturated carbocycles. The minimum Gasteiger partial charge on any atom is -0.461 e.